The van der Waals surface area contributed by atoms with Gasteiger partial charge in [-0.3, -0.25) is 14.3 Å². The van der Waals surface area contributed by atoms with E-state index in [-0.39, 0.29) is 34.3 Å². The first-order chi connectivity index (χ1) is 18.1. The second-order valence-electron chi connectivity index (χ2n) is 9.12. The second-order valence-corrected chi connectivity index (χ2v) is 9.12. The van der Waals surface area contributed by atoms with Crippen molar-refractivity contribution >= 4 is 28.5 Å². The Hall–Kier alpha value is -4.35. The number of alkyl halides is 3. The standard InChI is InChI=1S/C26H25F3N6O3/c1-34-20(14-21(33-34)38-2)23(36)30-17-8-6-15(7-9-17)16-10-12-35(13-11-16)24(37)18-4-3-5-19-22(18)32-25(31-19)26(27,28)29/h3-9,14,16H,10-13H2,1-2H3,(H,30,36)(H,31,32). The number of carbonyl (C=O) groups excluding carboxylic acids is 2. The smallest absolute Gasteiger partial charge is 0.449 e. The van der Waals surface area contributed by atoms with Crippen LogP contribution in [0.15, 0.2) is 48.5 Å². The molecule has 0 spiro atoms. The normalized spacial score (nSPS) is 14.6. The Kier molecular flexibility index (Phi) is 6.55. The molecule has 9 nitrogen and oxygen atoms in total. The summed E-state index contributed by atoms with van der Waals surface area (Å²) >= 11 is 0. The van der Waals surface area contributed by atoms with E-state index in [2.05, 4.69) is 20.4 Å². The third-order valence-corrected chi connectivity index (χ3v) is 6.73. The molecule has 3 heterocycles. The number of benzene rings is 2. The summed E-state index contributed by atoms with van der Waals surface area (Å²) in [4.78, 5) is 33.3. The van der Waals surface area contributed by atoms with Crippen LogP contribution in [-0.4, -0.2) is 56.7 Å². The average molecular weight is 527 g/mol. The maximum Gasteiger partial charge on any atom is 0.449 e. The highest BCUT2D eigenvalue weighted by Crippen LogP contribution is 2.32. The molecule has 4 aromatic rings. The fourth-order valence-corrected chi connectivity index (χ4v) is 4.71. The molecule has 5 rings (SSSR count). The Morgan fingerprint density at radius 1 is 1.11 bits per heavy atom. The summed E-state index contributed by atoms with van der Waals surface area (Å²) in [5.41, 5.74) is 2.43. The topological polar surface area (TPSA) is 105 Å². The number of rotatable bonds is 5. The van der Waals surface area contributed by atoms with E-state index in [0.717, 1.165) is 5.56 Å². The summed E-state index contributed by atoms with van der Waals surface area (Å²) in [5.74, 6) is -1.20. The Morgan fingerprint density at radius 2 is 1.82 bits per heavy atom. The SMILES string of the molecule is COc1cc(C(=O)Nc2ccc(C3CCN(C(=O)c4cccc5[nH]c(C(F)(F)F)nc45)CC3)cc2)n(C)n1. The zero-order valence-electron chi connectivity index (χ0n) is 20.7. The van der Waals surface area contributed by atoms with Crippen molar-refractivity contribution in [2.24, 2.45) is 7.05 Å². The number of piperidine rings is 1. The molecule has 1 aliphatic heterocycles. The number of hydrogen-bond acceptors (Lipinski definition) is 5. The molecule has 0 bridgehead atoms. The predicted molar refractivity (Wildman–Crippen MR) is 133 cm³/mol. The highest BCUT2D eigenvalue weighted by molar-refractivity contribution is 6.05. The minimum Gasteiger partial charge on any atom is -0.480 e. The first kappa shape index (κ1) is 25.3. The molecule has 12 heteroatoms. The summed E-state index contributed by atoms with van der Waals surface area (Å²) in [7, 11) is 3.14. The van der Waals surface area contributed by atoms with E-state index in [4.69, 9.17) is 4.74 Å². The molecule has 0 saturated carbocycles. The average Bonchev–Trinajstić information content (AvgIpc) is 3.52. The van der Waals surface area contributed by atoms with Crippen LogP contribution in [0.5, 0.6) is 5.88 Å². The molecule has 2 aromatic carbocycles. The van der Waals surface area contributed by atoms with Crippen molar-refractivity contribution in [1.82, 2.24) is 24.6 Å². The van der Waals surface area contributed by atoms with Crippen molar-refractivity contribution in [3.05, 3.63) is 71.2 Å². The number of carbonyl (C=O) groups is 2. The Labute approximate surface area is 215 Å². The van der Waals surface area contributed by atoms with E-state index in [1.54, 1.807) is 24.1 Å². The highest BCUT2D eigenvalue weighted by atomic mass is 19.4. The fraction of sp³-hybridized carbons (Fsp3) is 0.308. The maximum atomic E-state index is 13.2. The number of aromatic amines is 1. The number of methoxy groups -OCH3 is 1. The quantitative estimate of drug-likeness (QED) is 0.396. The van der Waals surface area contributed by atoms with Gasteiger partial charge in [-0.15, -0.1) is 5.10 Å². The van der Waals surface area contributed by atoms with Gasteiger partial charge in [0.05, 0.1) is 18.2 Å². The lowest BCUT2D eigenvalue weighted by Gasteiger charge is -2.32. The van der Waals surface area contributed by atoms with Crippen molar-refractivity contribution in [3.63, 3.8) is 0 Å². The second kappa shape index (κ2) is 9.84. The Morgan fingerprint density at radius 3 is 2.45 bits per heavy atom. The van der Waals surface area contributed by atoms with Gasteiger partial charge in [-0.1, -0.05) is 18.2 Å². The van der Waals surface area contributed by atoms with Gasteiger partial charge in [-0.2, -0.15) is 13.2 Å². The lowest BCUT2D eigenvalue weighted by molar-refractivity contribution is -0.144. The van der Waals surface area contributed by atoms with Crippen LogP contribution < -0.4 is 10.1 Å². The van der Waals surface area contributed by atoms with Gasteiger partial charge in [0, 0.05) is 31.9 Å². The minimum atomic E-state index is -4.62. The van der Waals surface area contributed by atoms with Crippen molar-refractivity contribution in [1.29, 1.82) is 0 Å². The summed E-state index contributed by atoms with van der Waals surface area (Å²) in [6.45, 7) is 0.939. The summed E-state index contributed by atoms with van der Waals surface area (Å²) in [6, 6.07) is 13.6. The van der Waals surface area contributed by atoms with Gasteiger partial charge in [0.25, 0.3) is 11.8 Å². The molecule has 0 radical (unpaired) electrons. The van der Waals surface area contributed by atoms with Crippen LogP contribution in [0.1, 0.15) is 51.0 Å². The van der Waals surface area contributed by atoms with Crippen LogP contribution in [0, 0.1) is 0 Å². The van der Waals surface area contributed by atoms with Crippen LogP contribution in [0.2, 0.25) is 0 Å². The largest absolute Gasteiger partial charge is 0.480 e. The molecular formula is C26H25F3N6O3. The predicted octanol–water partition coefficient (Wildman–Crippen LogP) is 4.60. The van der Waals surface area contributed by atoms with Crippen molar-refractivity contribution in [2.75, 3.05) is 25.5 Å². The first-order valence-electron chi connectivity index (χ1n) is 12.0. The van der Waals surface area contributed by atoms with E-state index < -0.39 is 12.0 Å². The Bertz CT molecular complexity index is 1480. The van der Waals surface area contributed by atoms with Gasteiger partial charge < -0.3 is 19.9 Å². The third kappa shape index (κ3) is 4.93. The van der Waals surface area contributed by atoms with E-state index in [1.165, 1.54) is 23.9 Å². The molecule has 0 atom stereocenters. The molecule has 198 valence electrons. The number of aromatic nitrogens is 4. The Balaban J connectivity index is 1.22. The number of para-hydroxylation sites is 1. The summed E-state index contributed by atoms with van der Waals surface area (Å²) in [6.07, 6.45) is -3.21. The number of hydrogen-bond donors (Lipinski definition) is 2. The molecule has 1 aliphatic rings. The highest BCUT2D eigenvalue weighted by Gasteiger charge is 2.35. The molecule has 1 fully saturated rings. The molecule has 2 N–H and O–H groups in total. The number of nitrogens with one attached hydrogen (secondary N) is 2. The lowest BCUT2D eigenvalue weighted by atomic mass is 9.89. The number of aryl methyl sites for hydroxylation is 1. The minimum absolute atomic E-state index is 0.0224. The molecule has 38 heavy (non-hydrogen) atoms. The van der Waals surface area contributed by atoms with Crippen molar-refractivity contribution in [2.45, 2.75) is 24.9 Å². The van der Waals surface area contributed by atoms with E-state index in [1.807, 2.05) is 24.3 Å². The van der Waals surface area contributed by atoms with Crippen molar-refractivity contribution in [3.8, 4) is 5.88 Å². The first-order valence-corrected chi connectivity index (χ1v) is 12.0. The molecular weight excluding hydrogens is 501 g/mol. The van der Waals surface area contributed by atoms with Crippen LogP contribution in [0.25, 0.3) is 11.0 Å². The van der Waals surface area contributed by atoms with Gasteiger partial charge in [-0.25, -0.2) is 4.98 Å². The molecule has 2 aromatic heterocycles. The van der Waals surface area contributed by atoms with Crippen LogP contribution in [-0.2, 0) is 13.2 Å². The fourth-order valence-electron chi connectivity index (χ4n) is 4.71. The van der Waals surface area contributed by atoms with E-state index in [9.17, 15) is 22.8 Å². The number of H-pyrrole nitrogens is 1. The molecule has 1 saturated heterocycles. The molecule has 0 unspecified atom stereocenters. The zero-order chi connectivity index (χ0) is 27.0. The number of fused-ring (bicyclic) bond motifs is 1. The number of halogens is 3. The van der Waals surface area contributed by atoms with Crippen LogP contribution in [0.4, 0.5) is 18.9 Å². The van der Waals surface area contributed by atoms with Gasteiger partial charge in [-0.05, 0) is 48.6 Å². The van der Waals surface area contributed by atoms with E-state index in [0.29, 0.717) is 43.2 Å². The molecule has 2 amide bonds. The summed E-state index contributed by atoms with van der Waals surface area (Å²) < 4.78 is 45.8. The van der Waals surface area contributed by atoms with Crippen LogP contribution >= 0.6 is 0 Å². The maximum absolute atomic E-state index is 13.2. The van der Waals surface area contributed by atoms with Gasteiger partial charge in [0.2, 0.25) is 11.7 Å². The summed E-state index contributed by atoms with van der Waals surface area (Å²) in [5, 5.41) is 6.93. The number of anilines is 1. The van der Waals surface area contributed by atoms with E-state index >= 15 is 0 Å². The monoisotopic (exact) mass is 526 g/mol. The number of likely N-dealkylation sites (tertiary alicyclic amines) is 1. The van der Waals surface area contributed by atoms with Crippen molar-refractivity contribution < 1.29 is 27.5 Å². The lowest BCUT2D eigenvalue weighted by Crippen LogP contribution is -2.38. The number of amides is 2. The van der Waals surface area contributed by atoms with Gasteiger partial charge >= 0.3 is 6.18 Å². The zero-order valence-corrected chi connectivity index (χ0v) is 20.7. The van der Waals surface area contributed by atoms with Gasteiger partial charge in [0.1, 0.15) is 11.2 Å². The molecule has 0 aliphatic carbocycles. The van der Waals surface area contributed by atoms with Gasteiger partial charge in [0.15, 0.2) is 0 Å². The van der Waals surface area contributed by atoms with Crippen LogP contribution in [0.3, 0.4) is 0 Å². The number of imidazole rings is 1. The number of nitrogens with zero attached hydrogens (tertiary/aromatic N) is 4. The third-order valence-electron chi connectivity index (χ3n) is 6.73. The number of ether oxygens (including phenoxy) is 1.